The zero-order valence-corrected chi connectivity index (χ0v) is 12.2. The minimum absolute atomic E-state index is 0.213. The van der Waals surface area contributed by atoms with Crippen molar-refractivity contribution < 1.29 is 14.3 Å². The van der Waals surface area contributed by atoms with Gasteiger partial charge < -0.3 is 5.11 Å². The lowest BCUT2D eigenvalue weighted by Crippen LogP contribution is -2.41. The molecular weight excluding hydrogens is 269 g/mol. The number of rotatable bonds is 5. The summed E-state index contributed by atoms with van der Waals surface area (Å²) in [5.74, 6) is -0.0831. The lowest BCUT2D eigenvalue weighted by Gasteiger charge is -2.32. The highest BCUT2D eigenvalue weighted by atomic mass is 19.1. The normalized spacial score (nSPS) is 24.7. The van der Waals surface area contributed by atoms with E-state index in [1.165, 1.54) is 25.3 Å². The summed E-state index contributed by atoms with van der Waals surface area (Å²) in [6, 6.07) is 6.34. The zero-order valence-electron chi connectivity index (χ0n) is 12.2. The molecule has 0 amide bonds. The van der Waals surface area contributed by atoms with Crippen molar-refractivity contribution in [1.82, 2.24) is 4.90 Å². The summed E-state index contributed by atoms with van der Waals surface area (Å²) in [7, 11) is 0. The van der Waals surface area contributed by atoms with Crippen LogP contribution in [0.4, 0.5) is 4.39 Å². The van der Waals surface area contributed by atoms with Crippen LogP contribution in [0.3, 0.4) is 0 Å². The number of carbonyl (C=O) groups is 1. The van der Waals surface area contributed by atoms with Gasteiger partial charge in [0.2, 0.25) is 0 Å². The summed E-state index contributed by atoms with van der Waals surface area (Å²) >= 11 is 0. The van der Waals surface area contributed by atoms with E-state index < -0.39 is 5.97 Å². The molecule has 2 atom stereocenters. The van der Waals surface area contributed by atoms with Crippen LogP contribution in [0, 0.1) is 11.7 Å². The third kappa shape index (κ3) is 3.26. The molecule has 3 rings (SSSR count). The zero-order chi connectivity index (χ0) is 14.8. The van der Waals surface area contributed by atoms with Gasteiger partial charge in [0, 0.05) is 6.54 Å². The Morgan fingerprint density at radius 3 is 2.81 bits per heavy atom. The second-order valence-electron chi connectivity index (χ2n) is 6.42. The summed E-state index contributed by atoms with van der Waals surface area (Å²) in [6.07, 6.45) is 5.27. The Bertz CT molecular complexity index is 515. The van der Waals surface area contributed by atoms with Gasteiger partial charge in [-0.2, -0.15) is 0 Å². The molecule has 1 aliphatic heterocycles. The summed E-state index contributed by atoms with van der Waals surface area (Å²) in [6.45, 7) is 1.53. The van der Waals surface area contributed by atoms with Gasteiger partial charge in [0.1, 0.15) is 11.9 Å². The van der Waals surface area contributed by atoms with E-state index in [2.05, 4.69) is 4.90 Å². The summed E-state index contributed by atoms with van der Waals surface area (Å²) in [5.41, 5.74) is 0.991. The molecule has 0 spiro atoms. The van der Waals surface area contributed by atoms with Crippen molar-refractivity contribution in [2.45, 2.75) is 44.1 Å². The number of aliphatic carboxylic acids is 1. The van der Waals surface area contributed by atoms with Crippen molar-refractivity contribution in [3.05, 3.63) is 35.6 Å². The average molecular weight is 291 g/mol. The van der Waals surface area contributed by atoms with Gasteiger partial charge in [-0.25, -0.2) is 4.39 Å². The molecule has 1 aliphatic carbocycles. The Hall–Kier alpha value is -1.42. The molecule has 1 aromatic carbocycles. The van der Waals surface area contributed by atoms with Crippen LogP contribution < -0.4 is 0 Å². The molecule has 0 aromatic heterocycles. The fourth-order valence-corrected chi connectivity index (χ4v) is 3.55. The lowest BCUT2D eigenvalue weighted by molar-refractivity contribution is -0.143. The number of benzene rings is 1. The molecule has 3 nitrogen and oxygen atoms in total. The van der Waals surface area contributed by atoms with E-state index in [0.717, 1.165) is 31.5 Å². The molecular formula is C17H22FNO2. The second-order valence-corrected chi connectivity index (χ2v) is 6.42. The van der Waals surface area contributed by atoms with Gasteiger partial charge >= 0.3 is 5.97 Å². The number of hydrogen-bond acceptors (Lipinski definition) is 2. The van der Waals surface area contributed by atoms with Gasteiger partial charge in [-0.3, -0.25) is 9.69 Å². The first-order chi connectivity index (χ1) is 10.1. The first-order valence-electron chi connectivity index (χ1n) is 7.86. The van der Waals surface area contributed by atoms with Crippen molar-refractivity contribution in [2.75, 3.05) is 13.1 Å². The van der Waals surface area contributed by atoms with Gasteiger partial charge in [-0.15, -0.1) is 0 Å². The standard InChI is InChI=1S/C17H22FNO2/c18-15-6-2-5-13(10-15)14-7-8-19(11-14)16(17(20)21)9-12-3-1-4-12/h2,5-6,10,12,14,16H,1,3-4,7-9,11H2,(H,20,21)/t14-,16?/m1/s1. The van der Waals surface area contributed by atoms with Gasteiger partial charge in [0.25, 0.3) is 0 Å². The van der Waals surface area contributed by atoms with Crippen LogP contribution in [-0.4, -0.2) is 35.1 Å². The number of carboxylic acid groups (broad SMARTS) is 1. The van der Waals surface area contributed by atoms with E-state index >= 15 is 0 Å². The average Bonchev–Trinajstić information content (AvgIpc) is 2.86. The number of likely N-dealkylation sites (tertiary alicyclic amines) is 1. The fourth-order valence-electron chi connectivity index (χ4n) is 3.55. The molecule has 2 aliphatic rings. The molecule has 2 fully saturated rings. The van der Waals surface area contributed by atoms with Gasteiger partial charge in [0.15, 0.2) is 0 Å². The van der Waals surface area contributed by atoms with Crippen LogP contribution in [0.25, 0.3) is 0 Å². The quantitative estimate of drug-likeness (QED) is 0.905. The minimum atomic E-state index is -0.707. The first-order valence-corrected chi connectivity index (χ1v) is 7.86. The first kappa shape index (κ1) is 14.5. The topological polar surface area (TPSA) is 40.5 Å². The molecule has 1 saturated carbocycles. The molecule has 114 valence electrons. The molecule has 0 bridgehead atoms. The third-order valence-corrected chi connectivity index (χ3v) is 5.05. The number of hydrogen-bond donors (Lipinski definition) is 1. The van der Waals surface area contributed by atoms with E-state index in [0.29, 0.717) is 5.92 Å². The Morgan fingerprint density at radius 1 is 1.38 bits per heavy atom. The van der Waals surface area contributed by atoms with E-state index in [4.69, 9.17) is 0 Å². The largest absolute Gasteiger partial charge is 0.480 e. The third-order valence-electron chi connectivity index (χ3n) is 5.05. The molecule has 1 heterocycles. The maximum Gasteiger partial charge on any atom is 0.320 e. The van der Waals surface area contributed by atoms with Gasteiger partial charge in [0.05, 0.1) is 0 Å². The van der Waals surface area contributed by atoms with Crippen LogP contribution in [0.1, 0.15) is 43.6 Å². The second kappa shape index (κ2) is 6.14. The monoisotopic (exact) mass is 291 g/mol. The Morgan fingerprint density at radius 2 is 2.19 bits per heavy atom. The van der Waals surface area contributed by atoms with Crippen LogP contribution in [0.5, 0.6) is 0 Å². The van der Waals surface area contributed by atoms with Crippen LogP contribution in [0.2, 0.25) is 0 Å². The van der Waals surface area contributed by atoms with Crippen LogP contribution in [-0.2, 0) is 4.79 Å². The molecule has 1 unspecified atom stereocenters. The van der Waals surface area contributed by atoms with Crippen molar-refractivity contribution >= 4 is 5.97 Å². The summed E-state index contributed by atoms with van der Waals surface area (Å²) in [5, 5.41) is 9.50. The SMILES string of the molecule is O=C(O)C(CC1CCC1)N1CC[C@@H](c2cccc(F)c2)C1. The Kier molecular flexibility index (Phi) is 4.24. The smallest absolute Gasteiger partial charge is 0.320 e. The highest BCUT2D eigenvalue weighted by molar-refractivity contribution is 5.73. The molecule has 21 heavy (non-hydrogen) atoms. The molecule has 4 heteroatoms. The highest BCUT2D eigenvalue weighted by Crippen LogP contribution is 2.35. The predicted octanol–water partition coefficient (Wildman–Crippen LogP) is 3.26. The summed E-state index contributed by atoms with van der Waals surface area (Å²) in [4.78, 5) is 13.6. The maximum atomic E-state index is 13.3. The Labute approximate surface area is 124 Å². The Balaban J connectivity index is 1.65. The maximum absolute atomic E-state index is 13.3. The molecule has 0 radical (unpaired) electrons. The van der Waals surface area contributed by atoms with Gasteiger partial charge in [-0.1, -0.05) is 31.4 Å². The predicted molar refractivity (Wildman–Crippen MR) is 78.7 cm³/mol. The van der Waals surface area contributed by atoms with E-state index in [1.54, 1.807) is 12.1 Å². The van der Waals surface area contributed by atoms with Gasteiger partial charge in [-0.05, 0) is 48.9 Å². The van der Waals surface area contributed by atoms with E-state index in [-0.39, 0.29) is 17.8 Å². The van der Waals surface area contributed by atoms with Crippen LogP contribution >= 0.6 is 0 Å². The lowest BCUT2D eigenvalue weighted by atomic mass is 9.80. The highest BCUT2D eigenvalue weighted by Gasteiger charge is 2.35. The number of halogens is 1. The van der Waals surface area contributed by atoms with Crippen molar-refractivity contribution in [1.29, 1.82) is 0 Å². The number of nitrogens with zero attached hydrogens (tertiary/aromatic N) is 1. The van der Waals surface area contributed by atoms with Crippen molar-refractivity contribution in [3.63, 3.8) is 0 Å². The van der Waals surface area contributed by atoms with Crippen molar-refractivity contribution in [2.24, 2.45) is 5.92 Å². The molecule has 1 N–H and O–H groups in total. The van der Waals surface area contributed by atoms with Crippen molar-refractivity contribution in [3.8, 4) is 0 Å². The fraction of sp³-hybridized carbons (Fsp3) is 0.588. The minimum Gasteiger partial charge on any atom is -0.480 e. The summed E-state index contributed by atoms with van der Waals surface area (Å²) < 4.78 is 13.3. The number of carboxylic acids is 1. The van der Waals surface area contributed by atoms with Crippen LogP contribution in [0.15, 0.2) is 24.3 Å². The molecule has 1 saturated heterocycles. The molecule has 1 aromatic rings. The van der Waals surface area contributed by atoms with E-state index in [1.807, 2.05) is 6.07 Å². The van der Waals surface area contributed by atoms with E-state index in [9.17, 15) is 14.3 Å².